The van der Waals surface area contributed by atoms with Gasteiger partial charge in [0.15, 0.2) is 5.78 Å². The highest BCUT2D eigenvalue weighted by molar-refractivity contribution is 5.98. The van der Waals surface area contributed by atoms with E-state index in [0.29, 0.717) is 17.5 Å². The molecule has 1 aromatic carbocycles. The Balaban J connectivity index is 2.20. The van der Waals surface area contributed by atoms with E-state index >= 15 is 0 Å². The van der Waals surface area contributed by atoms with Crippen molar-refractivity contribution < 1.29 is 22.7 Å². The average Bonchev–Trinajstić information content (AvgIpc) is 2.95. The van der Waals surface area contributed by atoms with Crippen LogP contribution in [0.1, 0.15) is 28.9 Å². The van der Waals surface area contributed by atoms with Crippen LogP contribution in [-0.4, -0.2) is 22.7 Å². The van der Waals surface area contributed by atoms with E-state index < -0.39 is 17.8 Å². The smallest absolute Gasteiger partial charge is 0.419 e. The van der Waals surface area contributed by atoms with Crippen LogP contribution in [0, 0.1) is 0 Å². The van der Waals surface area contributed by atoms with Gasteiger partial charge in [0.05, 0.1) is 18.9 Å². The molecule has 1 aromatic heterocycles. The zero-order chi connectivity index (χ0) is 15.6. The summed E-state index contributed by atoms with van der Waals surface area (Å²) in [5.41, 5.74) is -0.496. The number of hydrogen-bond donors (Lipinski definition) is 0. The summed E-state index contributed by atoms with van der Waals surface area (Å²) >= 11 is 0. The Morgan fingerprint density at radius 1 is 1.29 bits per heavy atom. The number of hydrogen-bond acceptors (Lipinski definition) is 3. The van der Waals surface area contributed by atoms with Gasteiger partial charge in [-0.05, 0) is 31.2 Å². The molecule has 0 saturated carbocycles. The molecule has 1 unspecified atom stereocenters. The van der Waals surface area contributed by atoms with Crippen molar-refractivity contribution in [3.8, 4) is 5.75 Å². The number of benzene rings is 1. The summed E-state index contributed by atoms with van der Waals surface area (Å²) < 4.78 is 43.6. The molecule has 0 amide bonds. The molecule has 1 heterocycles. The van der Waals surface area contributed by atoms with Gasteiger partial charge in [0.25, 0.3) is 0 Å². The van der Waals surface area contributed by atoms with Gasteiger partial charge in [0.2, 0.25) is 0 Å². The highest BCUT2D eigenvalue weighted by Gasteiger charge is 2.33. The van der Waals surface area contributed by atoms with Crippen molar-refractivity contribution in [2.45, 2.75) is 19.1 Å². The summed E-state index contributed by atoms with van der Waals surface area (Å²) in [4.78, 5) is 12.2. The summed E-state index contributed by atoms with van der Waals surface area (Å²) in [6, 6.07) is 5.53. The summed E-state index contributed by atoms with van der Waals surface area (Å²) in [5.74, 6) is 0.270. The van der Waals surface area contributed by atoms with Crippen molar-refractivity contribution in [3.63, 3.8) is 0 Å². The van der Waals surface area contributed by atoms with E-state index in [1.807, 2.05) is 0 Å². The number of halogens is 3. The van der Waals surface area contributed by atoms with Crippen LogP contribution in [0.25, 0.3) is 0 Å². The van der Waals surface area contributed by atoms with Gasteiger partial charge in [-0.3, -0.25) is 9.48 Å². The minimum atomic E-state index is -4.47. The second-order valence-corrected chi connectivity index (χ2v) is 4.48. The fraction of sp³-hybridized carbons (Fsp3) is 0.286. The van der Waals surface area contributed by atoms with Crippen molar-refractivity contribution in [2.24, 2.45) is 0 Å². The minimum absolute atomic E-state index is 0.325. The lowest BCUT2D eigenvalue weighted by Gasteiger charge is -2.11. The first-order chi connectivity index (χ1) is 9.82. The van der Waals surface area contributed by atoms with Gasteiger partial charge in [-0.1, -0.05) is 0 Å². The van der Waals surface area contributed by atoms with Gasteiger partial charge in [0.1, 0.15) is 11.8 Å². The van der Waals surface area contributed by atoms with Gasteiger partial charge >= 0.3 is 6.18 Å². The van der Waals surface area contributed by atoms with E-state index in [-0.39, 0.29) is 5.78 Å². The first-order valence-corrected chi connectivity index (χ1v) is 6.12. The van der Waals surface area contributed by atoms with E-state index in [4.69, 9.17) is 4.74 Å². The molecule has 2 rings (SSSR count). The maximum Gasteiger partial charge on any atom is 0.419 e. The lowest BCUT2D eigenvalue weighted by molar-refractivity contribution is -0.137. The molecule has 0 saturated heterocycles. The number of nitrogens with zero attached hydrogens (tertiary/aromatic N) is 2. The Bertz CT molecular complexity index is 632. The first-order valence-electron chi connectivity index (χ1n) is 6.12. The van der Waals surface area contributed by atoms with Crippen molar-refractivity contribution in [2.75, 3.05) is 7.11 Å². The van der Waals surface area contributed by atoms with Crippen LogP contribution in [0.4, 0.5) is 13.2 Å². The molecule has 112 valence electrons. The molecule has 7 heteroatoms. The number of carbonyl (C=O) groups is 1. The third-order valence-electron chi connectivity index (χ3n) is 3.08. The number of carbonyl (C=O) groups excluding carboxylic acids is 1. The molecule has 0 N–H and O–H groups in total. The highest BCUT2D eigenvalue weighted by atomic mass is 19.4. The van der Waals surface area contributed by atoms with Crippen molar-refractivity contribution in [1.29, 1.82) is 0 Å². The van der Waals surface area contributed by atoms with Crippen LogP contribution < -0.4 is 4.74 Å². The molecule has 0 fully saturated rings. The second kappa shape index (κ2) is 5.59. The standard InChI is InChI=1S/C14H13F3N2O2/c1-9(19-8-11(7-18-19)14(15,16)17)13(20)10-3-5-12(21-2)6-4-10/h3-9H,1-2H3. The number of ether oxygens (including phenoxy) is 1. The average molecular weight is 298 g/mol. The van der Waals surface area contributed by atoms with Gasteiger partial charge < -0.3 is 4.74 Å². The van der Waals surface area contributed by atoms with E-state index in [2.05, 4.69) is 5.10 Å². The monoisotopic (exact) mass is 298 g/mol. The molecule has 0 aliphatic carbocycles. The largest absolute Gasteiger partial charge is 0.497 e. The van der Waals surface area contributed by atoms with E-state index in [1.54, 1.807) is 24.3 Å². The number of alkyl halides is 3. The number of methoxy groups -OCH3 is 1. The molecule has 1 atom stereocenters. The zero-order valence-corrected chi connectivity index (χ0v) is 11.4. The fourth-order valence-electron chi connectivity index (χ4n) is 1.81. The van der Waals surface area contributed by atoms with Crippen LogP contribution in [0.15, 0.2) is 36.7 Å². The molecule has 21 heavy (non-hydrogen) atoms. The number of rotatable bonds is 4. The Morgan fingerprint density at radius 3 is 2.38 bits per heavy atom. The summed E-state index contributed by atoms with van der Waals surface area (Å²) in [6.07, 6.45) is -2.94. The minimum Gasteiger partial charge on any atom is -0.497 e. The fourth-order valence-corrected chi connectivity index (χ4v) is 1.81. The second-order valence-electron chi connectivity index (χ2n) is 4.48. The molecule has 4 nitrogen and oxygen atoms in total. The molecular formula is C14H13F3N2O2. The first kappa shape index (κ1) is 15.1. The normalized spacial score (nSPS) is 13.0. The van der Waals surface area contributed by atoms with Gasteiger partial charge in [-0.15, -0.1) is 0 Å². The van der Waals surface area contributed by atoms with Crippen LogP contribution in [0.5, 0.6) is 5.75 Å². The van der Waals surface area contributed by atoms with Crippen molar-refractivity contribution in [3.05, 3.63) is 47.8 Å². The molecule has 0 aliphatic rings. The SMILES string of the molecule is COc1ccc(C(=O)C(C)n2cc(C(F)(F)F)cn2)cc1. The molecule has 0 bridgehead atoms. The number of aromatic nitrogens is 2. The van der Waals surface area contributed by atoms with Crippen LogP contribution in [-0.2, 0) is 6.18 Å². The third kappa shape index (κ3) is 3.24. The Kier molecular flexibility index (Phi) is 4.02. The number of ketones is 1. The molecule has 0 spiro atoms. The van der Waals surface area contributed by atoms with E-state index in [0.717, 1.165) is 10.9 Å². The quantitative estimate of drug-likeness (QED) is 0.813. The van der Waals surface area contributed by atoms with E-state index in [9.17, 15) is 18.0 Å². The van der Waals surface area contributed by atoms with Gasteiger partial charge in [0, 0.05) is 11.8 Å². The lowest BCUT2D eigenvalue weighted by Crippen LogP contribution is -2.17. The molecule has 2 aromatic rings. The lowest BCUT2D eigenvalue weighted by atomic mass is 10.1. The molecule has 0 aliphatic heterocycles. The number of Topliss-reactive ketones (excluding diaryl/α,β-unsaturated/α-hetero) is 1. The summed E-state index contributed by atoms with van der Waals surface area (Å²) in [6.45, 7) is 1.50. The van der Waals surface area contributed by atoms with Crippen LogP contribution >= 0.6 is 0 Å². The third-order valence-corrected chi connectivity index (χ3v) is 3.08. The predicted octanol–water partition coefficient (Wildman–Crippen LogP) is 3.35. The van der Waals surface area contributed by atoms with Crippen LogP contribution in [0.3, 0.4) is 0 Å². The van der Waals surface area contributed by atoms with E-state index in [1.165, 1.54) is 14.0 Å². The summed E-state index contributed by atoms with van der Waals surface area (Å²) in [7, 11) is 1.50. The Labute approximate surface area is 119 Å². The maximum atomic E-state index is 12.5. The zero-order valence-electron chi connectivity index (χ0n) is 11.4. The summed E-state index contributed by atoms with van der Waals surface area (Å²) in [5, 5.41) is 3.61. The highest BCUT2D eigenvalue weighted by Crippen LogP contribution is 2.29. The molecule has 0 radical (unpaired) electrons. The topological polar surface area (TPSA) is 44.1 Å². The Hall–Kier alpha value is -2.31. The maximum absolute atomic E-state index is 12.5. The van der Waals surface area contributed by atoms with Crippen molar-refractivity contribution in [1.82, 2.24) is 9.78 Å². The van der Waals surface area contributed by atoms with Crippen LogP contribution in [0.2, 0.25) is 0 Å². The predicted molar refractivity (Wildman–Crippen MR) is 69.3 cm³/mol. The van der Waals surface area contributed by atoms with Crippen molar-refractivity contribution >= 4 is 5.78 Å². The van der Waals surface area contributed by atoms with Gasteiger partial charge in [-0.2, -0.15) is 18.3 Å². The molecular weight excluding hydrogens is 285 g/mol. The Morgan fingerprint density at radius 2 is 1.90 bits per heavy atom. The van der Waals surface area contributed by atoms with Gasteiger partial charge in [-0.25, -0.2) is 0 Å².